The first-order valence-electron chi connectivity index (χ1n) is 5.38. The lowest BCUT2D eigenvalue weighted by atomic mass is 10.3. The van der Waals surface area contributed by atoms with Gasteiger partial charge in [-0.15, -0.1) is 11.3 Å². The summed E-state index contributed by atoms with van der Waals surface area (Å²) in [4.78, 5) is 10.8. The second-order valence-electron chi connectivity index (χ2n) is 4.69. The third kappa shape index (κ3) is 1.61. The van der Waals surface area contributed by atoms with Gasteiger partial charge < -0.3 is 11.1 Å². The fourth-order valence-corrected chi connectivity index (χ4v) is 2.64. The van der Waals surface area contributed by atoms with Crippen molar-refractivity contribution < 1.29 is 0 Å². The monoisotopic (exact) mass is 234 g/mol. The maximum absolute atomic E-state index is 5.72. The van der Waals surface area contributed by atoms with Gasteiger partial charge in [-0.25, -0.2) is 4.98 Å². The molecule has 0 saturated heterocycles. The van der Waals surface area contributed by atoms with Crippen molar-refractivity contribution in [3.63, 3.8) is 0 Å². The molecule has 0 amide bonds. The number of rotatable bonds is 2. The minimum Gasteiger partial charge on any atom is -0.368 e. The average Bonchev–Trinajstić information content (AvgIpc) is 2.76. The summed E-state index contributed by atoms with van der Waals surface area (Å²) >= 11 is 1.66. The van der Waals surface area contributed by atoms with Gasteiger partial charge in [0.1, 0.15) is 10.6 Å². The molecule has 0 bridgehead atoms. The van der Waals surface area contributed by atoms with Crippen molar-refractivity contribution >= 4 is 33.3 Å². The molecular formula is C11H14N4S. The number of hydrogen-bond donors (Lipinski definition) is 2. The molecule has 1 saturated carbocycles. The number of aromatic nitrogens is 2. The quantitative estimate of drug-likeness (QED) is 0.838. The van der Waals surface area contributed by atoms with E-state index in [1.54, 1.807) is 11.3 Å². The molecule has 4 nitrogen and oxygen atoms in total. The molecule has 1 fully saturated rings. The molecule has 0 unspecified atom stereocenters. The Morgan fingerprint density at radius 3 is 2.88 bits per heavy atom. The molecule has 0 radical (unpaired) electrons. The van der Waals surface area contributed by atoms with Gasteiger partial charge in [0, 0.05) is 10.4 Å². The van der Waals surface area contributed by atoms with E-state index in [1.165, 1.54) is 17.7 Å². The first kappa shape index (κ1) is 9.84. The van der Waals surface area contributed by atoms with Crippen molar-refractivity contribution in [3.8, 4) is 0 Å². The van der Waals surface area contributed by atoms with Crippen molar-refractivity contribution in [2.45, 2.75) is 32.2 Å². The number of nitrogens with two attached hydrogens (primary N) is 1. The normalized spacial score (nSPS) is 17.6. The molecule has 16 heavy (non-hydrogen) atoms. The smallest absolute Gasteiger partial charge is 0.223 e. The molecule has 2 aromatic heterocycles. The maximum atomic E-state index is 5.72. The molecule has 2 heterocycles. The van der Waals surface area contributed by atoms with E-state index < -0.39 is 0 Å². The van der Waals surface area contributed by atoms with Gasteiger partial charge in [0.05, 0.1) is 5.39 Å². The molecule has 1 aliphatic carbocycles. The summed E-state index contributed by atoms with van der Waals surface area (Å²) in [5, 5.41) is 4.55. The highest BCUT2D eigenvalue weighted by Gasteiger charge is 2.37. The van der Waals surface area contributed by atoms with E-state index in [-0.39, 0.29) is 5.54 Å². The molecular weight excluding hydrogens is 220 g/mol. The van der Waals surface area contributed by atoms with Gasteiger partial charge in [0.2, 0.25) is 5.95 Å². The number of aryl methyl sites for hydroxylation is 1. The Kier molecular flexibility index (Phi) is 1.89. The van der Waals surface area contributed by atoms with Crippen LogP contribution in [0, 0.1) is 6.92 Å². The summed E-state index contributed by atoms with van der Waals surface area (Å²) in [7, 11) is 0. The standard InChI is InChI=1S/C11H14N4S/c1-6-5-7-8(15-11(2)3-4-11)13-10(12)14-9(7)16-6/h5H,3-4H2,1-2H3,(H3,12,13,14,15). The predicted molar refractivity (Wildman–Crippen MR) is 67.8 cm³/mol. The SMILES string of the molecule is Cc1cc2c(NC3(C)CC3)nc(N)nc2s1. The van der Waals surface area contributed by atoms with E-state index in [0.717, 1.165) is 16.0 Å². The first-order chi connectivity index (χ1) is 7.56. The molecule has 3 rings (SSSR count). The second kappa shape index (κ2) is 3.07. The van der Waals surface area contributed by atoms with Crippen LogP contribution in [0.15, 0.2) is 6.07 Å². The number of anilines is 2. The zero-order valence-electron chi connectivity index (χ0n) is 9.37. The Morgan fingerprint density at radius 1 is 1.44 bits per heavy atom. The Labute approximate surface area is 97.9 Å². The summed E-state index contributed by atoms with van der Waals surface area (Å²) in [6.07, 6.45) is 2.39. The number of fused-ring (bicyclic) bond motifs is 1. The first-order valence-corrected chi connectivity index (χ1v) is 6.19. The van der Waals surface area contributed by atoms with Crippen molar-refractivity contribution in [2.24, 2.45) is 0 Å². The maximum Gasteiger partial charge on any atom is 0.223 e. The lowest BCUT2D eigenvalue weighted by molar-refractivity contribution is 0.823. The Bertz CT molecular complexity index is 556. The molecule has 5 heteroatoms. The molecule has 2 aromatic rings. The van der Waals surface area contributed by atoms with Crippen LogP contribution < -0.4 is 11.1 Å². The van der Waals surface area contributed by atoms with Gasteiger partial charge in [-0.2, -0.15) is 4.98 Å². The van der Waals surface area contributed by atoms with Crippen molar-refractivity contribution in [1.29, 1.82) is 0 Å². The van der Waals surface area contributed by atoms with Crippen molar-refractivity contribution in [1.82, 2.24) is 9.97 Å². The number of nitrogen functional groups attached to an aromatic ring is 1. The fourth-order valence-electron chi connectivity index (χ4n) is 1.75. The van der Waals surface area contributed by atoms with E-state index in [2.05, 4.69) is 35.2 Å². The third-order valence-electron chi connectivity index (χ3n) is 2.95. The molecule has 1 aliphatic rings. The zero-order valence-corrected chi connectivity index (χ0v) is 10.2. The van der Waals surface area contributed by atoms with Crippen LogP contribution in [0.4, 0.5) is 11.8 Å². The summed E-state index contributed by atoms with van der Waals surface area (Å²) in [6, 6.07) is 2.12. The van der Waals surface area contributed by atoms with Crippen LogP contribution in [0.3, 0.4) is 0 Å². The van der Waals surface area contributed by atoms with Gasteiger partial charge in [-0.3, -0.25) is 0 Å². The van der Waals surface area contributed by atoms with Gasteiger partial charge in [0.25, 0.3) is 0 Å². The van der Waals surface area contributed by atoms with Gasteiger partial charge in [-0.1, -0.05) is 0 Å². The highest BCUT2D eigenvalue weighted by molar-refractivity contribution is 7.18. The van der Waals surface area contributed by atoms with Crippen LogP contribution in [0.5, 0.6) is 0 Å². The van der Waals surface area contributed by atoms with Crippen LogP contribution in [-0.4, -0.2) is 15.5 Å². The van der Waals surface area contributed by atoms with Gasteiger partial charge in [0.15, 0.2) is 0 Å². The van der Waals surface area contributed by atoms with Gasteiger partial charge >= 0.3 is 0 Å². The number of hydrogen-bond acceptors (Lipinski definition) is 5. The highest BCUT2D eigenvalue weighted by Crippen LogP contribution is 2.40. The van der Waals surface area contributed by atoms with E-state index in [4.69, 9.17) is 5.73 Å². The Hall–Kier alpha value is -1.36. The Morgan fingerprint density at radius 2 is 2.19 bits per heavy atom. The van der Waals surface area contributed by atoms with E-state index >= 15 is 0 Å². The van der Waals surface area contributed by atoms with E-state index in [1.807, 2.05) is 0 Å². The molecule has 0 atom stereocenters. The third-order valence-corrected chi connectivity index (χ3v) is 3.90. The van der Waals surface area contributed by atoms with Crippen LogP contribution in [0.25, 0.3) is 10.2 Å². The highest BCUT2D eigenvalue weighted by atomic mass is 32.1. The fraction of sp³-hybridized carbons (Fsp3) is 0.455. The summed E-state index contributed by atoms with van der Waals surface area (Å²) in [5.41, 5.74) is 5.93. The van der Waals surface area contributed by atoms with Crippen LogP contribution in [0.2, 0.25) is 0 Å². The van der Waals surface area contributed by atoms with Gasteiger partial charge in [-0.05, 0) is 32.8 Å². The lowest BCUT2D eigenvalue weighted by Crippen LogP contribution is -2.17. The van der Waals surface area contributed by atoms with Crippen LogP contribution >= 0.6 is 11.3 Å². The molecule has 0 spiro atoms. The lowest BCUT2D eigenvalue weighted by Gasteiger charge is -2.12. The minimum atomic E-state index is 0.212. The molecule has 84 valence electrons. The van der Waals surface area contributed by atoms with Crippen LogP contribution in [-0.2, 0) is 0 Å². The average molecular weight is 234 g/mol. The predicted octanol–water partition coefficient (Wildman–Crippen LogP) is 2.55. The van der Waals surface area contributed by atoms with E-state index in [0.29, 0.717) is 5.95 Å². The second-order valence-corrected chi connectivity index (χ2v) is 5.93. The summed E-state index contributed by atoms with van der Waals surface area (Å²) < 4.78 is 0. The molecule has 0 aliphatic heterocycles. The largest absolute Gasteiger partial charge is 0.368 e. The molecule has 0 aromatic carbocycles. The minimum absolute atomic E-state index is 0.212. The Balaban J connectivity index is 2.13. The molecule has 3 N–H and O–H groups in total. The number of nitrogens with one attached hydrogen (secondary N) is 1. The zero-order chi connectivity index (χ0) is 11.3. The van der Waals surface area contributed by atoms with Crippen molar-refractivity contribution in [2.75, 3.05) is 11.1 Å². The number of thiophene rings is 1. The van der Waals surface area contributed by atoms with Crippen molar-refractivity contribution in [3.05, 3.63) is 10.9 Å². The number of nitrogens with zero attached hydrogens (tertiary/aromatic N) is 2. The van der Waals surface area contributed by atoms with E-state index in [9.17, 15) is 0 Å². The topological polar surface area (TPSA) is 63.8 Å². The van der Waals surface area contributed by atoms with Crippen LogP contribution in [0.1, 0.15) is 24.6 Å². The summed E-state index contributed by atoms with van der Waals surface area (Å²) in [5.74, 6) is 1.23. The summed E-state index contributed by atoms with van der Waals surface area (Å²) in [6.45, 7) is 4.28.